The summed E-state index contributed by atoms with van der Waals surface area (Å²) in [4.78, 5) is 0. The van der Waals surface area contributed by atoms with E-state index in [1.165, 1.54) is 5.56 Å². The fourth-order valence-electron chi connectivity index (χ4n) is 2.39. The molecule has 1 aromatic carbocycles. The zero-order valence-corrected chi connectivity index (χ0v) is 8.60. The number of hydrogen-bond acceptors (Lipinski definition) is 2. The molecule has 0 amide bonds. The average molecular weight is 199 g/mol. The van der Waals surface area contributed by atoms with Crippen LogP contribution in [0.3, 0.4) is 0 Å². The number of allylic oxidation sites excluding steroid dienone is 2. The highest BCUT2D eigenvalue weighted by molar-refractivity contribution is 5.53. The van der Waals surface area contributed by atoms with Crippen molar-refractivity contribution in [2.45, 2.75) is 18.4 Å². The second-order valence-corrected chi connectivity index (χ2v) is 4.24. The molecule has 3 rings (SSSR count). The Morgan fingerprint density at radius 1 is 1.33 bits per heavy atom. The monoisotopic (exact) mass is 199 g/mol. The van der Waals surface area contributed by atoms with E-state index < -0.39 is 0 Å². The summed E-state index contributed by atoms with van der Waals surface area (Å²) in [6, 6.07) is 8.11. The van der Waals surface area contributed by atoms with Gasteiger partial charge in [0, 0.05) is 11.3 Å². The highest BCUT2D eigenvalue weighted by atomic mass is 16.5. The normalized spacial score (nSPS) is 31.5. The number of rotatable bonds is 0. The molecule has 1 heterocycles. The highest BCUT2D eigenvalue weighted by Gasteiger charge is 2.46. The minimum absolute atomic E-state index is 0.0416. The van der Waals surface area contributed by atoms with Gasteiger partial charge in [0.2, 0.25) is 0 Å². The Labute approximate surface area is 89.0 Å². The predicted octanol–water partition coefficient (Wildman–Crippen LogP) is 2.12. The molecule has 2 N–H and O–H groups in total. The minimum atomic E-state index is -0.189. The Kier molecular flexibility index (Phi) is 1.52. The van der Waals surface area contributed by atoms with Crippen molar-refractivity contribution in [3.8, 4) is 5.75 Å². The third-order valence-corrected chi connectivity index (χ3v) is 3.43. The Morgan fingerprint density at radius 3 is 3.00 bits per heavy atom. The molecule has 0 saturated carbocycles. The van der Waals surface area contributed by atoms with Crippen molar-refractivity contribution in [1.82, 2.24) is 0 Å². The number of hydrogen-bond donors (Lipinski definition) is 1. The molecule has 0 fully saturated rings. The number of benzene rings is 1. The zero-order chi connectivity index (χ0) is 10.5. The van der Waals surface area contributed by atoms with Crippen molar-refractivity contribution in [3.63, 3.8) is 0 Å². The van der Waals surface area contributed by atoms with Gasteiger partial charge >= 0.3 is 0 Å². The van der Waals surface area contributed by atoms with Crippen LogP contribution in [0.2, 0.25) is 0 Å². The van der Waals surface area contributed by atoms with E-state index in [1.54, 1.807) is 0 Å². The van der Waals surface area contributed by atoms with Gasteiger partial charge in [-0.25, -0.2) is 0 Å². The van der Waals surface area contributed by atoms with Gasteiger partial charge in [0.1, 0.15) is 11.9 Å². The number of ether oxygens (including phenoxy) is 1. The van der Waals surface area contributed by atoms with Crippen molar-refractivity contribution >= 4 is 0 Å². The first-order chi connectivity index (χ1) is 7.23. The summed E-state index contributed by atoms with van der Waals surface area (Å²) in [7, 11) is 0. The van der Waals surface area contributed by atoms with E-state index in [1.807, 2.05) is 30.4 Å². The van der Waals surface area contributed by atoms with Crippen molar-refractivity contribution in [3.05, 3.63) is 53.8 Å². The van der Waals surface area contributed by atoms with Crippen LogP contribution in [0, 0.1) is 0 Å². The van der Waals surface area contributed by atoms with E-state index >= 15 is 0 Å². The minimum Gasteiger partial charge on any atom is -0.485 e. The summed E-state index contributed by atoms with van der Waals surface area (Å²) in [6.07, 6.45) is 6.03. The van der Waals surface area contributed by atoms with Crippen LogP contribution in [0.1, 0.15) is 12.5 Å². The van der Waals surface area contributed by atoms with Crippen LogP contribution in [-0.2, 0) is 5.41 Å². The van der Waals surface area contributed by atoms with E-state index in [2.05, 4.69) is 19.1 Å². The smallest absolute Gasteiger partial charge is 0.132 e. The molecule has 0 spiro atoms. The standard InChI is InChI=1S/C13H13NO/c1-13-9-5-2-3-6-10(9)15-12(13)8-4-7-11(13)14/h2-8,12H,14H2,1H3. The van der Waals surface area contributed by atoms with Gasteiger partial charge in [-0.3, -0.25) is 0 Å². The summed E-state index contributed by atoms with van der Waals surface area (Å²) in [6.45, 7) is 2.14. The lowest BCUT2D eigenvalue weighted by Gasteiger charge is -2.31. The molecule has 0 bridgehead atoms. The summed E-state index contributed by atoms with van der Waals surface area (Å²) in [5, 5.41) is 0. The molecule has 15 heavy (non-hydrogen) atoms. The molecule has 2 unspecified atom stereocenters. The maximum Gasteiger partial charge on any atom is 0.132 e. The van der Waals surface area contributed by atoms with Gasteiger partial charge in [-0.1, -0.05) is 24.3 Å². The molecule has 2 nitrogen and oxygen atoms in total. The van der Waals surface area contributed by atoms with Crippen molar-refractivity contribution in [2.24, 2.45) is 5.73 Å². The SMILES string of the molecule is CC12C(N)=CC=CC1Oc1ccccc12. The van der Waals surface area contributed by atoms with E-state index in [4.69, 9.17) is 10.5 Å². The highest BCUT2D eigenvalue weighted by Crippen LogP contribution is 2.47. The summed E-state index contributed by atoms with van der Waals surface area (Å²) in [5.41, 5.74) is 7.97. The first-order valence-corrected chi connectivity index (χ1v) is 5.13. The Balaban J connectivity index is 2.24. The fourth-order valence-corrected chi connectivity index (χ4v) is 2.39. The molecule has 1 aromatic rings. The third-order valence-electron chi connectivity index (χ3n) is 3.43. The molecule has 1 aliphatic carbocycles. The lowest BCUT2D eigenvalue weighted by Crippen LogP contribution is -2.40. The largest absolute Gasteiger partial charge is 0.485 e. The van der Waals surface area contributed by atoms with Crippen LogP contribution >= 0.6 is 0 Å². The fraction of sp³-hybridized carbons (Fsp3) is 0.231. The predicted molar refractivity (Wildman–Crippen MR) is 59.6 cm³/mol. The van der Waals surface area contributed by atoms with Crippen molar-refractivity contribution in [1.29, 1.82) is 0 Å². The molecule has 0 saturated heterocycles. The molecule has 2 atom stereocenters. The van der Waals surface area contributed by atoms with Crippen LogP contribution in [0.15, 0.2) is 48.2 Å². The summed E-state index contributed by atoms with van der Waals surface area (Å²) >= 11 is 0. The molecular weight excluding hydrogens is 186 g/mol. The quantitative estimate of drug-likeness (QED) is 0.694. The Bertz CT molecular complexity index is 475. The van der Waals surface area contributed by atoms with Crippen LogP contribution < -0.4 is 10.5 Å². The van der Waals surface area contributed by atoms with Crippen LogP contribution in [-0.4, -0.2) is 6.10 Å². The summed E-state index contributed by atoms with van der Waals surface area (Å²) in [5.74, 6) is 0.952. The van der Waals surface area contributed by atoms with Crippen LogP contribution in [0.25, 0.3) is 0 Å². The zero-order valence-electron chi connectivity index (χ0n) is 8.60. The second-order valence-electron chi connectivity index (χ2n) is 4.24. The lowest BCUT2D eigenvalue weighted by atomic mass is 9.74. The van der Waals surface area contributed by atoms with Gasteiger partial charge < -0.3 is 10.5 Å². The first kappa shape index (κ1) is 8.60. The molecule has 2 heteroatoms. The topological polar surface area (TPSA) is 35.2 Å². The van der Waals surface area contributed by atoms with Gasteiger partial charge in [0.05, 0.1) is 5.41 Å². The van der Waals surface area contributed by atoms with Gasteiger partial charge in [-0.05, 0) is 25.1 Å². The van der Waals surface area contributed by atoms with Gasteiger partial charge in [0.15, 0.2) is 0 Å². The molecular formula is C13H13NO. The van der Waals surface area contributed by atoms with Gasteiger partial charge in [0.25, 0.3) is 0 Å². The van der Waals surface area contributed by atoms with Gasteiger partial charge in [-0.15, -0.1) is 0 Å². The van der Waals surface area contributed by atoms with Gasteiger partial charge in [-0.2, -0.15) is 0 Å². The lowest BCUT2D eigenvalue weighted by molar-refractivity contribution is 0.220. The van der Waals surface area contributed by atoms with Crippen LogP contribution in [0.4, 0.5) is 0 Å². The van der Waals surface area contributed by atoms with E-state index in [0.717, 1.165) is 11.4 Å². The van der Waals surface area contributed by atoms with E-state index in [-0.39, 0.29) is 11.5 Å². The molecule has 0 radical (unpaired) electrons. The average Bonchev–Trinajstić information content (AvgIpc) is 2.55. The molecule has 2 aliphatic rings. The van der Waals surface area contributed by atoms with Crippen LogP contribution in [0.5, 0.6) is 5.75 Å². The number of nitrogens with two attached hydrogens (primary N) is 1. The third kappa shape index (κ3) is 0.938. The first-order valence-electron chi connectivity index (χ1n) is 5.13. The van der Waals surface area contributed by atoms with Crippen molar-refractivity contribution in [2.75, 3.05) is 0 Å². The van der Waals surface area contributed by atoms with E-state index in [9.17, 15) is 0 Å². The second kappa shape index (κ2) is 2.66. The maximum atomic E-state index is 6.10. The Hall–Kier alpha value is -1.70. The van der Waals surface area contributed by atoms with Crippen molar-refractivity contribution < 1.29 is 4.74 Å². The molecule has 76 valence electrons. The Morgan fingerprint density at radius 2 is 2.13 bits per heavy atom. The molecule has 0 aromatic heterocycles. The van der Waals surface area contributed by atoms with E-state index in [0.29, 0.717) is 0 Å². The summed E-state index contributed by atoms with van der Waals surface area (Å²) < 4.78 is 5.88. The number of para-hydroxylation sites is 1. The maximum absolute atomic E-state index is 6.10. The number of fused-ring (bicyclic) bond motifs is 3. The molecule has 1 aliphatic heterocycles.